The van der Waals surface area contributed by atoms with Crippen molar-refractivity contribution in [3.05, 3.63) is 34.2 Å². The number of nitrogens with two attached hydrogens (primary N) is 1. The Labute approximate surface area is 218 Å². The van der Waals surface area contributed by atoms with Crippen LogP contribution < -0.4 is 16.4 Å². The molecule has 1 saturated carbocycles. The van der Waals surface area contributed by atoms with Gasteiger partial charge in [0, 0.05) is 18.5 Å². The molecule has 1 aliphatic rings. The number of carbonyl (C=O) groups is 1. The van der Waals surface area contributed by atoms with E-state index in [0.29, 0.717) is 41.6 Å². The Morgan fingerprint density at radius 3 is 2.69 bits per heavy atom. The van der Waals surface area contributed by atoms with Gasteiger partial charge in [-0.05, 0) is 50.7 Å². The lowest BCUT2D eigenvalue weighted by Gasteiger charge is -2.26. The van der Waals surface area contributed by atoms with Crippen LogP contribution in [0.1, 0.15) is 64.3 Å². The number of hydrogen-bond donors (Lipinski definition) is 4. The molecule has 36 heavy (non-hydrogen) atoms. The molecule has 3 aromatic rings. The van der Waals surface area contributed by atoms with Crippen LogP contribution in [0, 0.1) is 5.82 Å². The van der Waals surface area contributed by atoms with Crippen molar-refractivity contribution in [2.24, 2.45) is 5.73 Å². The number of hydrogen-bond acceptors (Lipinski definition) is 7. The fourth-order valence-corrected chi connectivity index (χ4v) is 5.25. The average molecular weight is 538 g/mol. The highest BCUT2D eigenvalue weighted by Gasteiger charge is 2.25. The smallest absolute Gasteiger partial charge is 0.224 e. The number of rotatable bonds is 10. The zero-order valence-corrected chi connectivity index (χ0v) is 21.5. The largest absolute Gasteiger partial charge is 0.393 e. The molecule has 12 heteroatoms. The van der Waals surface area contributed by atoms with Gasteiger partial charge in [0.15, 0.2) is 5.65 Å². The average Bonchev–Trinajstić information content (AvgIpc) is 3.16. The highest BCUT2D eigenvalue weighted by atomic mass is 35.5. The fraction of sp³-hybridized carbons (Fsp3) is 0.500. The zero-order valence-electron chi connectivity index (χ0n) is 20.0. The first-order chi connectivity index (χ1) is 17.2. The molecule has 2 heterocycles. The van der Waals surface area contributed by atoms with Crippen LogP contribution in [-0.4, -0.2) is 42.7 Å². The molecule has 1 fully saturated rings. The van der Waals surface area contributed by atoms with Gasteiger partial charge in [-0.2, -0.15) is 4.98 Å². The first kappa shape index (κ1) is 26.4. The van der Waals surface area contributed by atoms with Crippen LogP contribution in [0.3, 0.4) is 0 Å². The summed E-state index contributed by atoms with van der Waals surface area (Å²) in [4.78, 5) is 25.5. The van der Waals surface area contributed by atoms with Gasteiger partial charge in [0.05, 0.1) is 28.0 Å². The van der Waals surface area contributed by atoms with Crippen molar-refractivity contribution in [1.29, 1.82) is 0 Å². The summed E-state index contributed by atoms with van der Waals surface area (Å²) in [5, 5.41) is 16.7. The predicted molar refractivity (Wildman–Crippen MR) is 139 cm³/mol. The minimum Gasteiger partial charge on any atom is -0.393 e. The van der Waals surface area contributed by atoms with Crippen LogP contribution in [0.2, 0.25) is 10.0 Å². The Balaban J connectivity index is 1.77. The van der Waals surface area contributed by atoms with Gasteiger partial charge in [0.25, 0.3) is 0 Å². The second-order valence-corrected chi connectivity index (χ2v) is 10.0. The first-order valence-corrected chi connectivity index (χ1v) is 12.9. The van der Waals surface area contributed by atoms with E-state index in [1.165, 1.54) is 12.1 Å². The van der Waals surface area contributed by atoms with Gasteiger partial charge < -0.3 is 21.5 Å². The second kappa shape index (κ2) is 11.6. The van der Waals surface area contributed by atoms with Crippen LogP contribution >= 0.6 is 23.2 Å². The number of aliphatic hydroxyl groups is 1. The maximum atomic E-state index is 13.8. The molecule has 3 atom stereocenters. The number of imidazole rings is 1. The Hall–Kier alpha value is -2.69. The lowest BCUT2D eigenvalue weighted by atomic mass is 9.93. The van der Waals surface area contributed by atoms with Gasteiger partial charge in [-0.3, -0.25) is 9.36 Å². The van der Waals surface area contributed by atoms with Crippen LogP contribution in [0.25, 0.3) is 11.2 Å². The maximum absolute atomic E-state index is 13.8. The number of nitrogens with zero attached hydrogens (tertiary/aromatic N) is 4. The SMILES string of the molecule is CCC[C@@H](CCC(N)=O)n1c(Nc2c(Cl)cc(F)cc2Cl)nc2cnc(N[C@@H]3CCCC(O)C3)nc21. The molecule has 1 unspecified atom stereocenters. The number of primary amides is 1. The Kier molecular flexibility index (Phi) is 8.48. The Morgan fingerprint density at radius 2 is 2.03 bits per heavy atom. The predicted octanol–water partition coefficient (Wildman–Crippen LogP) is 5.34. The summed E-state index contributed by atoms with van der Waals surface area (Å²) in [5.74, 6) is -0.128. The molecule has 2 aromatic heterocycles. The fourth-order valence-electron chi connectivity index (χ4n) is 4.69. The number of benzene rings is 1. The number of amides is 1. The highest BCUT2D eigenvalue weighted by molar-refractivity contribution is 6.39. The summed E-state index contributed by atoms with van der Waals surface area (Å²) in [6.07, 6.45) is 6.82. The number of fused-ring (bicyclic) bond motifs is 1. The van der Waals surface area contributed by atoms with Crippen LogP contribution in [0.15, 0.2) is 18.3 Å². The number of halogens is 3. The van der Waals surface area contributed by atoms with E-state index in [1.807, 2.05) is 11.5 Å². The number of anilines is 3. The van der Waals surface area contributed by atoms with E-state index >= 15 is 0 Å². The van der Waals surface area contributed by atoms with Crippen molar-refractivity contribution in [3.8, 4) is 0 Å². The van der Waals surface area contributed by atoms with E-state index < -0.39 is 11.7 Å². The van der Waals surface area contributed by atoms with Crippen molar-refractivity contribution in [3.63, 3.8) is 0 Å². The molecular weight excluding hydrogens is 508 g/mol. The third kappa shape index (κ3) is 6.16. The standard InChI is InChI=1S/C24H30Cl2FN7O2/c1-2-4-15(7-8-20(28)36)34-22-19(12-29-23(33-22)30-14-5-3-6-16(35)11-14)31-24(34)32-21-17(25)9-13(27)10-18(21)26/h9-10,12,14-16,35H,2-8,11H2,1H3,(H2,28,36)(H,31,32)(H,29,30,33)/t14-,15+,16?/m1/s1. The molecule has 0 aliphatic heterocycles. The topological polar surface area (TPSA) is 131 Å². The monoisotopic (exact) mass is 537 g/mol. The van der Waals surface area contributed by atoms with Gasteiger partial charge in [-0.1, -0.05) is 36.5 Å². The lowest BCUT2D eigenvalue weighted by Crippen LogP contribution is -2.30. The third-order valence-corrected chi connectivity index (χ3v) is 6.96. The van der Waals surface area contributed by atoms with Crippen molar-refractivity contribution < 1.29 is 14.3 Å². The zero-order chi connectivity index (χ0) is 25.8. The minimum absolute atomic E-state index is 0.0679. The van der Waals surface area contributed by atoms with Crippen molar-refractivity contribution >= 4 is 57.9 Å². The van der Waals surface area contributed by atoms with Gasteiger partial charge in [0.2, 0.25) is 17.8 Å². The summed E-state index contributed by atoms with van der Waals surface area (Å²) in [6, 6.07) is 2.24. The minimum atomic E-state index is -0.552. The molecule has 5 N–H and O–H groups in total. The second-order valence-electron chi connectivity index (χ2n) is 9.19. The van der Waals surface area contributed by atoms with Crippen molar-refractivity contribution in [2.75, 3.05) is 10.6 Å². The number of carbonyl (C=O) groups excluding carboxylic acids is 1. The first-order valence-electron chi connectivity index (χ1n) is 12.1. The number of aromatic nitrogens is 4. The number of aliphatic hydroxyl groups excluding tert-OH is 1. The molecule has 0 radical (unpaired) electrons. The van der Waals surface area contributed by atoms with Gasteiger partial charge >= 0.3 is 0 Å². The number of nitrogens with one attached hydrogen (secondary N) is 2. The van der Waals surface area contributed by atoms with Crippen molar-refractivity contribution in [2.45, 2.75) is 76.5 Å². The summed E-state index contributed by atoms with van der Waals surface area (Å²) in [6.45, 7) is 2.05. The maximum Gasteiger partial charge on any atom is 0.224 e. The quantitative estimate of drug-likeness (QED) is 0.274. The Morgan fingerprint density at radius 1 is 1.28 bits per heavy atom. The Bertz CT molecular complexity index is 1220. The molecule has 1 amide bonds. The van der Waals surface area contributed by atoms with E-state index in [9.17, 15) is 14.3 Å². The molecule has 194 valence electrons. The van der Waals surface area contributed by atoms with E-state index in [2.05, 4.69) is 20.6 Å². The van der Waals surface area contributed by atoms with Gasteiger partial charge in [-0.25, -0.2) is 14.4 Å². The van der Waals surface area contributed by atoms with Gasteiger partial charge in [-0.15, -0.1) is 0 Å². The van der Waals surface area contributed by atoms with Crippen molar-refractivity contribution in [1.82, 2.24) is 19.5 Å². The highest BCUT2D eigenvalue weighted by Crippen LogP contribution is 2.37. The summed E-state index contributed by atoms with van der Waals surface area (Å²) >= 11 is 12.6. The molecule has 9 nitrogen and oxygen atoms in total. The van der Waals surface area contributed by atoms with E-state index in [-0.39, 0.29) is 34.7 Å². The molecule has 1 aromatic carbocycles. The van der Waals surface area contributed by atoms with Crippen LogP contribution in [-0.2, 0) is 4.79 Å². The summed E-state index contributed by atoms with van der Waals surface area (Å²) < 4.78 is 15.7. The van der Waals surface area contributed by atoms with E-state index in [4.69, 9.17) is 33.9 Å². The van der Waals surface area contributed by atoms with Gasteiger partial charge in [0.1, 0.15) is 11.3 Å². The molecular formula is C24H30Cl2FN7O2. The molecule has 0 bridgehead atoms. The summed E-state index contributed by atoms with van der Waals surface area (Å²) in [7, 11) is 0. The van der Waals surface area contributed by atoms with Crippen LogP contribution in [0.4, 0.5) is 22.0 Å². The molecule has 0 saturated heterocycles. The molecule has 0 spiro atoms. The normalized spacial score (nSPS) is 18.8. The third-order valence-electron chi connectivity index (χ3n) is 6.37. The van der Waals surface area contributed by atoms with E-state index in [1.54, 1.807) is 6.20 Å². The molecule has 4 rings (SSSR count). The lowest BCUT2D eigenvalue weighted by molar-refractivity contribution is -0.118. The van der Waals surface area contributed by atoms with Crippen LogP contribution in [0.5, 0.6) is 0 Å². The molecule has 1 aliphatic carbocycles. The van der Waals surface area contributed by atoms with E-state index in [0.717, 1.165) is 32.1 Å². The summed E-state index contributed by atoms with van der Waals surface area (Å²) in [5.41, 5.74) is 6.85.